The summed E-state index contributed by atoms with van der Waals surface area (Å²) in [4.78, 5) is 2.51. The first-order valence-corrected chi connectivity index (χ1v) is 19.2. The Balaban J connectivity index is 1.19. The average molecular weight is 690 g/mol. The van der Waals surface area contributed by atoms with Crippen molar-refractivity contribution in [3.05, 3.63) is 221 Å². The molecule has 8 aromatic carbocycles. The molecular weight excluding hydrogens is 651 g/mol. The van der Waals surface area contributed by atoms with Crippen molar-refractivity contribution in [1.82, 2.24) is 0 Å². The fourth-order valence-corrected chi connectivity index (χ4v) is 10.2. The molecule has 256 valence electrons. The standard InChI is InChI=1S/C53H39N/c1-52(2)34-36-32-37(28-30-39(36)41-19-6-11-23-46(41)52)54(51-27-15-10-18-40(51)35-16-4-3-5-17-35)38-29-31-45-44-22-9-14-26-49(44)53(50(45)33-38)47-24-12-7-20-42(47)43-21-8-13-25-48(43)53/h3-33H,34H2,1-2H3. The highest BCUT2D eigenvalue weighted by molar-refractivity contribution is 5.97. The summed E-state index contributed by atoms with van der Waals surface area (Å²) in [7, 11) is 0. The number of para-hydroxylation sites is 1. The molecule has 11 rings (SSSR count). The minimum absolute atomic E-state index is 0.0317. The summed E-state index contributed by atoms with van der Waals surface area (Å²) in [6.07, 6.45) is 0.984. The van der Waals surface area contributed by atoms with Gasteiger partial charge < -0.3 is 4.90 Å². The van der Waals surface area contributed by atoms with Gasteiger partial charge in [0.05, 0.1) is 11.1 Å². The average Bonchev–Trinajstić information content (AvgIpc) is 3.68. The second-order valence-electron chi connectivity index (χ2n) is 15.8. The highest BCUT2D eigenvalue weighted by Crippen LogP contribution is 2.63. The molecule has 0 N–H and O–H groups in total. The van der Waals surface area contributed by atoms with Crippen LogP contribution < -0.4 is 4.90 Å². The molecule has 0 saturated heterocycles. The van der Waals surface area contributed by atoms with Crippen LogP contribution in [0.3, 0.4) is 0 Å². The molecule has 0 saturated carbocycles. The smallest absolute Gasteiger partial charge is 0.0726 e. The molecule has 1 heteroatoms. The van der Waals surface area contributed by atoms with Crippen LogP contribution in [0.1, 0.15) is 47.2 Å². The fraction of sp³-hybridized carbons (Fsp3) is 0.0943. The van der Waals surface area contributed by atoms with Crippen LogP contribution in [0.5, 0.6) is 0 Å². The highest BCUT2D eigenvalue weighted by Gasteiger charge is 2.51. The van der Waals surface area contributed by atoms with Gasteiger partial charge in [-0.3, -0.25) is 0 Å². The Morgan fingerprint density at radius 3 is 1.43 bits per heavy atom. The summed E-state index contributed by atoms with van der Waals surface area (Å²) in [6.45, 7) is 4.78. The number of benzene rings is 8. The molecule has 8 aromatic rings. The lowest BCUT2D eigenvalue weighted by Gasteiger charge is -2.36. The molecule has 3 aliphatic rings. The molecule has 0 atom stereocenters. The maximum Gasteiger partial charge on any atom is 0.0726 e. The van der Waals surface area contributed by atoms with E-state index in [1.165, 1.54) is 83.6 Å². The van der Waals surface area contributed by atoms with Gasteiger partial charge in [0.25, 0.3) is 0 Å². The molecule has 0 aromatic heterocycles. The van der Waals surface area contributed by atoms with Crippen LogP contribution in [-0.2, 0) is 17.3 Å². The van der Waals surface area contributed by atoms with Crippen molar-refractivity contribution >= 4 is 17.1 Å². The quantitative estimate of drug-likeness (QED) is 0.178. The largest absolute Gasteiger partial charge is 0.310 e. The third kappa shape index (κ3) is 4.27. The maximum absolute atomic E-state index is 2.51. The number of hydrogen-bond acceptors (Lipinski definition) is 1. The van der Waals surface area contributed by atoms with Gasteiger partial charge in [0.1, 0.15) is 0 Å². The topological polar surface area (TPSA) is 3.24 Å². The second-order valence-corrected chi connectivity index (χ2v) is 15.8. The summed E-state index contributed by atoms with van der Waals surface area (Å²) < 4.78 is 0. The summed E-state index contributed by atoms with van der Waals surface area (Å²) in [5.41, 5.74) is 21.7. The Bertz CT molecular complexity index is 2720. The molecule has 0 unspecified atom stereocenters. The number of hydrogen-bond donors (Lipinski definition) is 0. The van der Waals surface area contributed by atoms with Crippen LogP contribution in [-0.4, -0.2) is 0 Å². The predicted octanol–water partition coefficient (Wildman–Crippen LogP) is 13.7. The molecule has 0 fully saturated rings. The van der Waals surface area contributed by atoms with Gasteiger partial charge in [-0.25, -0.2) is 0 Å². The molecule has 0 heterocycles. The predicted molar refractivity (Wildman–Crippen MR) is 225 cm³/mol. The van der Waals surface area contributed by atoms with Gasteiger partial charge in [-0.2, -0.15) is 0 Å². The molecule has 3 aliphatic carbocycles. The third-order valence-corrected chi connectivity index (χ3v) is 12.4. The van der Waals surface area contributed by atoms with Crippen LogP contribution in [0.4, 0.5) is 17.1 Å². The van der Waals surface area contributed by atoms with Crippen molar-refractivity contribution in [1.29, 1.82) is 0 Å². The van der Waals surface area contributed by atoms with E-state index in [0.717, 1.165) is 17.8 Å². The Morgan fingerprint density at radius 2 is 0.815 bits per heavy atom. The Kier molecular flexibility index (Phi) is 6.64. The summed E-state index contributed by atoms with van der Waals surface area (Å²) >= 11 is 0. The Hall–Kier alpha value is -6.44. The lowest BCUT2D eigenvalue weighted by Crippen LogP contribution is -2.26. The van der Waals surface area contributed by atoms with Gasteiger partial charge in [-0.05, 0) is 114 Å². The maximum atomic E-state index is 2.51. The van der Waals surface area contributed by atoms with Crippen molar-refractivity contribution in [2.24, 2.45) is 0 Å². The molecule has 1 spiro atoms. The van der Waals surface area contributed by atoms with E-state index in [-0.39, 0.29) is 5.41 Å². The van der Waals surface area contributed by atoms with Gasteiger partial charge in [-0.15, -0.1) is 0 Å². The Morgan fingerprint density at radius 1 is 0.370 bits per heavy atom. The zero-order valence-corrected chi connectivity index (χ0v) is 30.6. The number of fused-ring (bicyclic) bond motifs is 13. The zero-order chi connectivity index (χ0) is 36.0. The molecule has 0 radical (unpaired) electrons. The van der Waals surface area contributed by atoms with E-state index >= 15 is 0 Å². The number of anilines is 3. The monoisotopic (exact) mass is 689 g/mol. The van der Waals surface area contributed by atoms with Gasteiger partial charge in [0.2, 0.25) is 0 Å². The number of nitrogens with zero attached hydrogens (tertiary/aromatic N) is 1. The van der Waals surface area contributed by atoms with Gasteiger partial charge in [-0.1, -0.05) is 172 Å². The highest BCUT2D eigenvalue weighted by atomic mass is 15.1. The molecule has 54 heavy (non-hydrogen) atoms. The zero-order valence-electron chi connectivity index (χ0n) is 30.6. The lowest BCUT2D eigenvalue weighted by atomic mass is 9.70. The third-order valence-electron chi connectivity index (χ3n) is 12.4. The van der Waals surface area contributed by atoms with Gasteiger partial charge in [0, 0.05) is 16.9 Å². The molecule has 0 aliphatic heterocycles. The Labute approximate surface area is 317 Å². The first-order valence-electron chi connectivity index (χ1n) is 19.2. The van der Waals surface area contributed by atoms with E-state index in [4.69, 9.17) is 0 Å². The van der Waals surface area contributed by atoms with Crippen LogP contribution in [0.2, 0.25) is 0 Å². The molecule has 1 nitrogen and oxygen atoms in total. The van der Waals surface area contributed by atoms with Crippen molar-refractivity contribution in [3.63, 3.8) is 0 Å². The van der Waals surface area contributed by atoms with Gasteiger partial charge >= 0.3 is 0 Å². The van der Waals surface area contributed by atoms with E-state index in [2.05, 4.69) is 207 Å². The summed E-state index contributed by atoms with van der Waals surface area (Å²) in [6, 6.07) is 70.3. The van der Waals surface area contributed by atoms with Crippen molar-refractivity contribution < 1.29 is 0 Å². The molecule has 0 bridgehead atoms. The van der Waals surface area contributed by atoms with E-state index < -0.39 is 5.41 Å². The second kappa shape index (κ2) is 11.5. The van der Waals surface area contributed by atoms with Crippen LogP contribution in [0.15, 0.2) is 188 Å². The SMILES string of the molecule is CC1(C)Cc2cc(N(c3ccc4c(c3)C3(c5ccccc5-c5ccccc53)c3ccccc3-4)c3ccccc3-c3ccccc3)ccc2-c2ccccc21. The first kappa shape index (κ1) is 31.1. The van der Waals surface area contributed by atoms with Crippen molar-refractivity contribution in [2.45, 2.75) is 31.1 Å². The summed E-state index contributed by atoms with van der Waals surface area (Å²) in [5, 5.41) is 0. The van der Waals surface area contributed by atoms with E-state index in [9.17, 15) is 0 Å². The van der Waals surface area contributed by atoms with E-state index in [1.54, 1.807) is 0 Å². The van der Waals surface area contributed by atoms with Crippen molar-refractivity contribution in [2.75, 3.05) is 4.90 Å². The summed E-state index contributed by atoms with van der Waals surface area (Å²) in [5.74, 6) is 0. The minimum atomic E-state index is -0.413. The number of rotatable bonds is 4. The van der Waals surface area contributed by atoms with Crippen LogP contribution in [0, 0.1) is 0 Å². The normalized spacial score (nSPS) is 14.7. The minimum Gasteiger partial charge on any atom is -0.310 e. The van der Waals surface area contributed by atoms with Gasteiger partial charge in [0.15, 0.2) is 0 Å². The van der Waals surface area contributed by atoms with E-state index in [1.807, 2.05) is 0 Å². The van der Waals surface area contributed by atoms with Crippen LogP contribution in [0.25, 0.3) is 44.5 Å². The van der Waals surface area contributed by atoms with E-state index in [0.29, 0.717) is 0 Å². The lowest BCUT2D eigenvalue weighted by molar-refractivity contribution is 0.517. The van der Waals surface area contributed by atoms with Crippen LogP contribution >= 0.6 is 0 Å². The first-order chi connectivity index (χ1) is 26.5. The van der Waals surface area contributed by atoms with Crippen molar-refractivity contribution in [3.8, 4) is 44.5 Å². The molecule has 0 amide bonds. The molecular formula is C53H39N. The fourth-order valence-electron chi connectivity index (χ4n) is 10.2.